The average Bonchev–Trinajstić information content (AvgIpc) is 2.67. The highest BCUT2D eigenvalue weighted by Crippen LogP contribution is 2.30. The van der Waals surface area contributed by atoms with E-state index >= 15 is 0 Å². The maximum absolute atomic E-state index is 11.9. The van der Waals surface area contributed by atoms with Crippen molar-refractivity contribution >= 4 is 5.97 Å². The van der Waals surface area contributed by atoms with Gasteiger partial charge in [0.05, 0.1) is 0 Å². The van der Waals surface area contributed by atoms with Crippen LogP contribution in [0.2, 0.25) is 0 Å². The fourth-order valence-corrected chi connectivity index (χ4v) is 3.35. The number of nitrogens with zero attached hydrogens (tertiary/aromatic N) is 2. The van der Waals surface area contributed by atoms with Crippen LogP contribution in [0.25, 0.3) is 0 Å². The molecule has 5 nitrogen and oxygen atoms in total. The summed E-state index contributed by atoms with van der Waals surface area (Å²) in [5.74, 6) is -0.627. The molecule has 110 valence electrons. The average molecular weight is 269 g/mol. The minimum atomic E-state index is -0.628. The van der Waals surface area contributed by atoms with Gasteiger partial charge in [-0.25, -0.2) is 0 Å². The van der Waals surface area contributed by atoms with E-state index in [9.17, 15) is 9.90 Å². The van der Waals surface area contributed by atoms with Crippen LogP contribution in [-0.4, -0.2) is 71.7 Å². The van der Waals surface area contributed by atoms with Crippen LogP contribution in [0.15, 0.2) is 0 Å². The first-order valence-corrected chi connectivity index (χ1v) is 7.49. The summed E-state index contributed by atoms with van der Waals surface area (Å²) in [6.45, 7) is 9.83. The molecule has 0 aromatic heterocycles. The van der Waals surface area contributed by atoms with Crippen molar-refractivity contribution in [2.24, 2.45) is 0 Å². The Morgan fingerprint density at radius 3 is 2.42 bits per heavy atom. The Bertz CT molecular complexity index is 304. The van der Waals surface area contributed by atoms with Gasteiger partial charge in [0.25, 0.3) is 0 Å². The topological polar surface area (TPSA) is 55.8 Å². The van der Waals surface area contributed by atoms with Crippen molar-refractivity contribution in [3.63, 3.8) is 0 Å². The summed E-state index contributed by atoms with van der Waals surface area (Å²) in [6, 6.07) is 0.512. The van der Waals surface area contributed by atoms with E-state index in [0.717, 1.165) is 58.5 Å². The van der Waals surface area contributed by atoms with Crippen LogP contribution in [0.1, 0.15) is 33.1 Å². The molecule has 0 amide bonds. The lowest BCUT2D eigenvalue weighted by Crippen LogP contribution is -2.61. The van der Waals surface area contributed by atoms with Crippen LogP contribution < -0.4 is 5.32 Å². The summed E-state index contributed by atoms with van der Waals surface area (Å²) in [6.07, 6.45) is 2.55. The number of carbonyl (C=O) groups is 1. The molecule has 2 aliphatic rings. The summed E-state index contributed by atoms with van der Waals surface area (Å²) in [5.41, 5.74) is -0.628. The first-order valence-electron chi connectivity index (χ1n) is 7.49. The van der Waals surface area contributed by atoms with Crippen molar-refractivity contribution in [2.75, 3.05) is 39.3 Å². The van der Waals surface area contributed by atoms with Crippen LogP contribution in [-0.2, 0) is 4.79 Å². The number of nitrogens with one attached hydrogen (secondary N) is 1. The molecule has 2 fully saturated rings. The lowest BCUT2D eigenvalue weighted by atomic mass is 9.85. The molecule has 2 N–H and O–H groups in total. The smallest absolute Gasteiger partial charge is 0.324 e. The molecular formula is C14H27N3O2. The third-order valence-electron chi connectivity index (χ3n) is 4.70. The van der Waals surface area contributed by atoms with Crippen molar-refractivity contribution in [1.29, 1.82) is 0 Å². The molecule has 0 aliphatic carbocycles. The third kappa shape index (κ3) is 3.09. The number of rotatable bonds is 3. The largest absolute Gasteiger partial charge is 0.480 e. The zero-order valence-corrected chi connectivity index (χ0v) is 12.2. The van der Waals surface area contributed by atoms with Gasteiger partial charge in [-0.3, -0.25) is 9.69 Å². The molecular weight excluding hydrogens is 242 g/mol. The van der Waals surface area contributed by atoms with Gasteiger partial charge in [-0.15, -0.1) is 0 Å². The maximum atomic E-state index is 11.9. The van der Waals surface area contributed by atoms with E-state index in [4.69, 9.17) is 0 Å². The highest BCUT2D eigenvalue weighted by Gasteiger charge is 2.46. The Morgan fingerprint density at radius 1 is 1.16 bits per heavy atom. The minimum absolute atomic E-state index is 0.512. The zero-order chi connectivity index (χ0) is 13.9. The fourth-order valence-electron chi connectivity index (χ4n) is 3.35. The number of aliphatic carboxylic acids is 1. The van der Waals surface area contributed by atoms with Gasteiger partial charge in [0.2, 0.25) is 0 Å². The molecule has 0 aromatic carbocycles. The minimum Gasteiger partial charge on any atom is -0.480 e. The van der Waals surface area contributed by atoms with Gasteiger partial charge >= 0.3 is 5.97 Å². The van der Waals surface area contributed by atoms with E-state index < -0.39 is 11.5 Å². The zero-order valence-electron chi connectivity index (χ0n) is 12.2. The van der Waals surface area contributed by atoms with Crippen molar-refractivity contribution in [3.05, 3.63) is 0 Å². The van der Waals surface area contributed by atoms with Gasteiger partial charge in [-0.05, 0) is 39.7 Å². The van der Waals surface area contributed by atoms with Crippen LogP contribution in [0.5, 0.6) is 0 Å². The summed E-state index contributed by atoms with van der Waals surface area (Å²) in [7, 11) is 0. The Labute approximate surface area is 115 Å². The SMILES string of the molecule is CC(C)N1CCC(C(=O)O)(N2CCCNCC2)CC1. The van der Waals surface area contributed by atoms with Crippen LogP contribution >= 0.6 is 0 Å². The number of hydrogen-bond acceptors (Lipinski definition) is 4. The van der Waals surface area contributed by atoms with Crippen molar-refractivity contribution in [3.8, 4) is 0 Å². The van der Waals surface area contributed by atoms with Gasteiger partial charge in [0, 0.05) is 38.8 Å². The van der Waals surface area contributed by atoms with Gasteiger partial charge in [0.1, 0.15) is 5.54 Å². The monoisotopic (exact) mass is 269 g/mol. The molecule has 0 bridgehead atoms. The van der Waals surface area contributed by atoms with E-state index in [1.165, 1.54) is 0 Å². The molecule has 2 saturated heterocycles. The molecule has 19 heavy (non-hydrogen) atoms. The number of hydrogen-bond donors (Lipinski definition) is 2. The molecule has 5 heteroatoms. The quantitative estimate of drug-likeness (QED) is 0.786. The predicted octanol–water partition coefficient (Wildman–Crippen LogP) is 0.609. The lowest BCUT2D eigenvalue weighted by molar-refractivity contribution is -0.155. The first kappa shape index (κ1) is 14.8. The predicted molar refractivity (Wildman–Crippen MR) is 75.4 cm³/mol. The van der Waals surface area contributed by atoms with E-state index in [-0.39, 0.29) is 0 Å². The van der Waals surface area contributed by atoms with Gasteiger partial charge in [0.15, 0.2) is 0 Å². The Kier molecular flexibility index (Phi) is 4.81. The van der Waals surface area contributed by atoms with Crippen molar-refractivity contribution in [2.45, 2.75) is 44.7 Å². The van der Waals surface area contributed by atoms with Gasteiger partial charge in [-0.2, -0.15) is 0 Å². The van der Waals surface area contributed by atoms with Crippen LogP contribution in [0, 0.1) is 0 Å². The highest BCUT2D eigenvalue weighted by atomic mass is 16.4. The first-order chi connectivity index (χ1) is 9.06. The van der Waals surface area contributed by atoms with Crippen molar-refractivity contribution < 1.29 is 9.90 Å². The second-order valence-electron chi connectivity index (χ2n) is 6.06. The summed E-state index contributed by atoms with van der Waals surface area (Å²) in [5, 5.41) is 13.1. The highest BCUT2D eigenvalue weighted by molar-refractivity contribution is 5.79. The lowest BCUT2D eigenvalue weighted by Gasteiger charge is -2.46. The molecule has 0 unspecified atom stereocenters. The number of carboxylic acids is 1. The molecule has 0 saturated carbocycles. The van der Waals surface area contributed by atoms with Gasteiger partial charge < -0.3 is 15.3 Å². The van der Waals surface area contributed by atoms with E-state index in [0.29, 0.717) is 6.04 Å². The van der Waals surface area contributed by atoms with E-state index in [1.807, 2.05) is 0 Å². The fraction of sp³-hybridized carbons (Fsp3) is 0.929. The standard InChI is InChI=1S/C14H27N3O2/c1-12(2)16-9-4-14(5-10-16,13(18)19)17-8-3-6-15-7-11-17/h12,15H,3-11H2,1-2H3,(H,18,19). The normalized spacial score (nSPS) is 26.3. The Morgan fingerprint density at radius 2 is 1.84 bits per heavy atom. The molecule has 2 heterocycles. The number of piperidine rings is 1. The summed E-state index contributed by atoms with van der Waals surface area (Å²) in [4.78, 5) is 16.5. The maximum Gasteiger partial charge on any atom is 0.324 e. The van der Waals surface area contributed by atoms with Crippen molar-refractivity contribution in [1.82, 2.24) is 15.1 Å². The second kappa shape index (κ2) is 6.20. The van der Waals surface area contributed by atoms with Gasteiger partial charge in [-0.1, -0.05) is 0 Å². The second-order valence-corrected chi connectivity index (χ2v) is 6.06. The van der Waals surface area contributed by atoms with Crippen LogP contribution in [0.3, 0.4) is 0 Å². The molecule has 0 spiro atoms. The molecule has 0 radical (unpaired) electrons. The number of carboxylic acid groups (broad SMARTS) is 1. The molecule has 0 aromatic rings. The molecule has 2 rings (SSSR count). The third-order valence-corrected chi connectivity index (χ3v) is 4.70. The van der Waals surface area contributed by atoms with Crippen LogP contribution in [0.4, 0.5) is 0 Å². The molecule has 0 atom stereocenters. The Hall–Kier alpha value is -0.650. The van der Waals surface area contributed by atoms with E-state index in [2.05, 4.69) is 29.0 Å². The molecule has 2 aliphatic heterocycles. The Balaban J connectivity index is 2.08. The summed E-state index contributed by atoms with van der Waals surface area (Å²) < 4.78 is 0. The summed E-state index contributed by atoms with van der Waals surface area (Å²) >= 11 is 0. The number of likely N-dealkylation sites (tertiary alicyclic amines) is 1. The van der Waals surface area contributed by atoms with E-state index in [1.54, 1.807) is 0 Å².